The third kappa shape index (κ3) is 3.57. The number of benzene rings is 1. The molecule has 0 spiro atoms. The van der Waals surface area contributed by atoms with Crippen LogP contribution in [0.25, 0.3) is 10.8 Å². The maximum atomic E-state index is 12.8. The normalized spacial score (nSPS) is 20.4. The summed E-state index contributed by atoms with van der Waals surface area (Å²) >= 11 is 0. The van der Waals surface area contributed by atoms with Crippen molar-refractivity contribution in [1.82, 2.24) is 24.6 Å². The minimum Gasteiger partial charge on any atom is -0.349 e. The SMILES string of the molecule is Cn1nc(C(=O)NCCN2C[C@H]3C[C@@H](C2)c2cccc(=O)n2C3)c2ccccc2c1=O. The van der Waals surface area contributed by atoms with Gasteiger partial charge in [-0.25, -0.2) is 4.68 Å². The average Bonchev–Trinajstić information content (AvgIpc) is 2.77. The van der Waals surface area contributed by atoms with Crippen LogP contribution in [0.2, 0.25) is 0 Å². The summed E-state index contributed by atoms with van der Waals surface area (Å²) in [4.78, 5) is 39.6. The van der Waals surface area contributed by atoms with E-state index in [1.807, 2.05) is 10.6 Å². The van der Waals surface area contributed by atoms with E-state index in [0.717, 1.165) is 38.3 Å². The Labute approximate surface area is 179 Å². The molecule has 8 nitrogen and oxygen atoms in total. The van der Waals surface area contributed by atoms with Crippen LogP contribution in [0, 0.1) is 5.92 Å². The van der Waals surface area contributed by atoms with Gasteiger partial charge in [0.05, 0.1) is 5.39 Å². The second kappa shape index (κ2) is 7.77. The van der Waals surface area contributed by atoms with Gasteiger partial charge in [-0.3, -0.25) is 14.4 Å². The molecule has 2 aromatic heterocycles. The Morgan fingerprint density at radius 2 is 1.87 bits per heavy atom. The smallest absolute Gasteiger partial charge is 0.274 e. The Morgan fingerprint density at radius 3 is 2.71 bits per heavy atom. The molecular formula is C23H25N5O3. The predicted molar refractivity (Wildman–Crippen MR) is 117 cm³/mol. The highest BCUT2D eigenvalue weighted by molar-refractivity contribution is 6.04. The van der Waals surface area contributed by atoms with Gasteiger partial charge >= 0.3 is 0 Å². The van der Waals surface area contributed by atoms with Crippen LogP contribution in [0.1, 0.15) is 28.5 Å². The molecule has 1 aromatic carbocycles. The molecule has 1 saturated heterocycles. The van der Waals surface area contributed by atoms with E-state index >= 15 is 0 Å². The molecule has 8 heteroatoms. The van der Waals surface area contributed by atoms with Crippen LogP contribution in [-0.4, -0.2) is 51.3 Å². The minimum absolute atomic E-state index is 0.0879. The van der Waals surface area contributed by atoms with Crippen molar-refractivity contribution >= 4 is 16.7 Å². The average molecular weight is 419 g/mol. The number of fused-ring (bicyclic) bond motifs is 5. The zero-order valence-corrected chi connectivity index (χ0v) is 17.5. The Hall–Kier alpha value is -3.26. The fraction of sp³-hybridized carbons (Fsp3) is 0.391. The Kier molecular flexibility index (Phi) is 4.94. The van der Waals surface area contributed by atoms with Gasteiger partial charge in [0.2, 0.25) is 0 Å². The number of amides is 1. The minimum atomic E-state index is -0.277. The van der Waals surface area contributed by atoms with E-state index in [2.05, 4.69) is 21.4 Å². The second-order valence-electron chi connectivity index (χ2n) is 8.54. The number of carbonyl (C=O) groups excluding carboxylic acids is 1. The van der Waals surface area contributed by atoms with Crippen molar-refractivity contribution in [1.29, 1.82) is 0 Å². The number of nitrogens with one attached hydrogen (secondary N) is 1. The molecule has 2 atom stereocenters. The van der Waals surface area contributed by atoms with Crippen molar-refractivity contribution in [3.8, 4) is 0 Å². The number of rotatable bonds is 4. The number of aromatic nitrogens is 3. The van der Waals surface area contributed by atoms with Crippen LogP contribution in [0.5, 0.6) is 0 Å². The lowest BCUT2D eigenvalue weighted by molar-refractivity contribution is 0.0922. The van der Waals surface area contributed by atoms with Gasteiger partial charge in [-0.15, -0.1) is 0 Å². The van der Waals surface area contributed by atoms with E-state index in [1.54, 1.807) is 37.4 Å². The fourth-order valence-corrected chi connectivity index (χ4v) is 5.06. The fourth-order valence-electron chi connectivity index (χ4n) is 5.06. The van der Waals surface area contributed by atoms with E-state index in [4.69, 9.17) is 0 Å². The summed E-state index contributed by atoms with van der Waals surface area (Å²) in [5.41, 5.74) is 1.26. The summed E-state index contributed by atoms with van der Waals surface area (Å²) in [5.74, 6) is 0.531. The highest BCUT2D eigenvalue weighted by Gasteiger charge is 2.34. The highest BCUT2D eigenvalue weighted by Crippen LogP contribution is 2.34. The largest absolute Gasteiger partial charge is 0.349 e. The van der Waals surface area contributed by atoms with Crippen LogP contribution < -0.4 is 16.4 Å². The zero-order valence-electron chi connectivity index (χ0n) is 17.5. The molecular weight excluding hydrogens is 394 g/mol. The van der Waals surface area contributed by atoms with Gasteiger partial charge in [-0.05, 0) is 24.5 Å². The Morgan fingerprint density at radius 1 is 1.06 bits per heavy atom. The summed E-state index contributed by atoms with van der Waals surface area (Å²) in [6.45, 7) is 3.81. The lowest BCUT2D eigenvalue weighted by Crippen LogP contribution is -2.48. The van der Waals surface area contributed by atoms with Gasteiger partial charge in [-0.1, -0.05) is 24.3 Å². The molecule has 1 N–H and O–H groups in total. The van der Waals surface area contributed by atoms with E-state index in [-0.39, 0.29) is 22.7 Å². The number of aryl methyl sites for hydroxylation is 1. The van der Waals surface area contributed by atoms with Crippen LogP contribution in [-0.2, 0) is 13.6 Å². The number of pyridine rings is 1. The Balaban J connectivity index is 1.26. The van der Waals surface area contributed by atoms with Gasteiger partial charge in [0.1, 0.15) is 0 Å². The molecule has 5 rings (SSSR count). The van der Waals surface area contributed by atoms with Gasteiger partial charge in [0, 0.05) is 62.8 Å². The van der Waals surface area contributed by atoms with Crippen LogP contribution in [0.3, 0.4) is 0 Å². The molecule has 4 heterocycles. The van der Waals surface area contributed by atoms with E-state index < -0.39 is 0 Å². The summed E-state index contributed by atoms with van der Waals surface area (Å²) in [6, 6.07) is 12.6. The first-order chi connectivity index (χ1) is 15.0. The third-order valence-electron chi connectivity index (χ3n) is 6.44. The van der Waals surface area contributed by atoms with Crippen LogP contribution >= 0.6 is 0 Å². The third-order valence-corrected chi connectivity index (χ3v) is 6.44. The second-order valence-corrected chi connectivity index (χ2v) is 8.54. The molecule has 0 saturated carbocycles. The molecule has 1 amide bonds. The molecule has 160 valence electrons. The first kappa shape index (κ1) is 19.7. The van der Waals surface area contributed by atoms with Crippen molar-refractivity contribution in [3.63, 3.8) is 0 Å². The van der Waals surface area contributed by atoms with Crippen LogP contribution in [0.15, 0.2) is 52.1 Å². The molecule has 2 aliphatic rings. The van der Waals surface area contributed by atoms with Crippen molar-refractivity contribution in [3.05, 3.63) is 74.6 Å². The Bertz CT molecular complexity index is 1280. The number of carbonyl (C=O) groups is 1. The van der Waals surface area contributed by atoms with Crippen molar-refractivity contribution in [2.75, 3.05) is 26.2 Å². The number of piperidine rings is 1. The molecule has 31 heavy (non-hydrogen) atoms. The molecule has 2 bridgehead atoms. The summed E-state index contributed by atoms with van der Waals surface area (Å²) in [6.07, 6.45) is 1.11. The highest BCUT2D eigenvalue weighted by atomic mass is 16.2. The molecule has 0 unspecified atom stereocenters. The summed E-state index contributed by atoms with van der Waals surface area (Å²) in [5, 5.41) is 8.21. The predicted octanol–water partition coefficient (Wildman–Crippen LogP) is 0.944. The lowest BCUT2D eigenvalue weighted by Gasteiger charge is -2.42. The number of nitrogens with zero attached hydrogens (tertiary/aromatic N) is 4. The van der Waals surface area contributed by atoms with Crippen molar-refractivity contribution in [2.45, 2.75) is 18.9 Å². The standard InChI is InChI=1S/C23H25N5O3/c1-26-23(31)18-6-3-2-5-17(18)21(25-26)22(30)24-9-10-27-12-15-11-16(14-27)19-7-4-8-20(29)28(19)13-15/h2-8,15-16H,9-14H2,1H3,(H,24,30)/t15-,16+/m1/s1. The number of hydrogen-bond acceptors (Lipinski definition) is 5. The topological polar surface area (TPSA) is 89.2 Å². The maximum Gasteiger partial charge on any atom is 0.274 e. The lowest BCUT2D eigenvalue weighted by atomic mass is 9.83. The number of likely N-dealkylation sites (tertiary alicyclic amines) is 1. The molecule has 0 aliphatic carbocycles. The number of hydrogen-bond donors (Lipinski definition) is 1. The van der Waals surface area contributed by atoms with Crippen LogP contribution in [0.4, 0.5) is 0 Å². The quantitative estimate of drug-likeness (QED) is 0.680. The first-order valence-electron chi connectivity index (χ1n) is 10.7. The van der Waals surface area contributed by atoms with Crippen molar-refractivity contribution in [2.24, 2.45) is 13.0 Å². The molecule has 1 fully saturated rings. The monoisotopic (exact) mass is 419 g/mol. The van der Waals surface area contributed by atoms with E-state index in [0.29, 0.717) is 29.2 Å². The van der Waals surface area contributed by atoms with Gasteiger partial charge in [0.15, 0.2) is 5.69 Å². The summed E-state index contributed by atoms with van der Waals surface area (Å²) < 4.78 is 3.14. The van der Waals surface area contributed by atoms with Crippen molar-refractivity contribution < 1.29 is 4.79 Å². The molecule has 2 aliphatic heterocycles. The van der Waals surface area contributed by atoms with Gasteiger partial charge in [-0.2, -0.15) is 5.10 Å². The first-order valence-corrected chi connectivity index (χ1v) is 10.7. The van der Waals surface area contributed by atoms with E-state index in [9.17, 15) is 14.4 Å². The zero-order chi connectivity index (χ0) is 21.5. The van der Waals surface area contributed by atoms with Gasteiger partial charge in [0.25, 0.3) is 17.0 Å². The summed E-state index contributed by atoms with van der Waals surface area (Å²) in [7, 11) is 1.56. The molecule has 3 aromatic rings. The molecule has 0 radical (unpaired) electrons. The van der Waals surface area contributed by atoms with Gasteiger partial charge < -0.3 is 14.8 Å². The maximum absolute atomic E-state index is 12.8. The van der Waals surface area contributed by atoms with E-state index in [1.165, 1.54) is 4.68 Å².